The highest BCUT2D eigenvalue weighted by Gasteiger charge is 2.46. The molecule has 148 valence electrons. The molecule has 7 nitrogen and oxygen atoms in total. The van der Waals surface area contributed by atoms with E-state index in [1.165, 1.54) is 23.3 Å². The van der Waals surface area contributed by atoms with Crippen molar-refractivity contribution < 1.29 is 29.3 Å². The average molecular weight is 403 g/mol. The van der Waals surface area contributed by atoms with E-state index in [1.807, 2.05) is 17.5 Å². The van der Waals surface area contributed by atoms with Gasteiger partial charge in [0.1, 0.15) is 11.5 Å². The third kappa shape index (κ3) is 3.94. The molecule has 0 spiro atoms. The number of ketones is 1. The van der Waals surface area contributed by atoms with Crippen LogP contribution in [0, 0.1) is 0 Å². The Hall–Kier alpha value is -2.68. The number of hydrogen-bond donors (Lipinski definition) is 2. The summed E-state index contributed by atoms with van der Waals surface area (Å²) in [6, 6.07) is 9.59. The van der Waals surface area contributed by atoms with Gasteiger partial charge in [0.25, 0.3) is 11.7 Å². The summed E-state index contributed by atoms with van der Waals surface area (Å²) in [7, 11) is 1.54. The van der Waals surface area contributed by atoms with Gasteiger partial charge in [0.05, 0.1) is 38.5 Å². The molecule has 1 aromatic heterocycles. The van der Waals surface area contributed by atoms with E-state index in [0.717, 1.165) is 4.88 Å². The fourth-order valence-corrected chi connectivity index (χ4v) is 3.93. The van der Waals surface area contributed by atoms with Crippen LogP contribution in [0.5, 0.6) is 5.75 Å². The number of Topliss-reactive ketones (excluding diaryl/α,β-unsaturated/α-hetero) is 1. The van der Waals surface area contributed by atoms with Gasteiger partial charge in [0.15, 0.2) is 0 Å². The fraction of sp³-hybridized carbons (Fsp3) is 0.300. The van der Waals surface area contributed by atoms with Crippen molar-refractivity contribution in [2.75, 3.05) is 33.5 Å². The van der Waals surface area contributed by atoms with Crippen LogP contribution in [0.1, 0.15) is 16.5 Å². The summed E-state index contributed by atoms with van der Waals surface area (Å²) in [4.78, 5) is 27.5. The van der Waals surface area contributed by atoms with Crippen LogP contribution in [0.2, 0.25) is 0 Å². The van der Waals surface area contributed by atoms with E-state index >= 15 is 0 Å². The average Bonchev–Trinajstić information content (AvgIpc) is 3.33. The van der Waals surface area contributed by atoms with Crippen LogP contribution < -0.4 is 4.74 Å². The maximum atomic E-state index is 12.7. The number of aliphatic hydroxyl groups is 2. The zero-order chi connectivity index (χ0) is 20.1. The monoisotopic (exact) mass is 403 g/mol. The number of methoxy groups -OCH3 is 1. The molecule has 1 unspecified atom stereocenters. The van der Waals surface area contributed by atoms with Crippen LogP contribution in [0.3, 0.4) is 0 Å². The van der Waals surface area contributed by atoms with Crippen molar-refractivity contribution >= 4 is 28.8 Å². The first kappa shape index (κ1) is 20.1. The summed E-state index contributed by atoms with van der Waals surface area (Å²) in [5.74, 6) is -1.01. The molecule has 0 aliphatic carbocycles. The highest BCUT2D eigenvalue weighted by Crippen LogP contribution is 2.40. The molecule has 2 N–H and O–H groups in total. The van der Waals surface area contributed by atoms with Gasteiger partial charge in [-0.05, 0) is 35.7 Å². The molecule has 0 radical (unpaired) electrons. The standard InChI is InChI=1S/C20H21NO6S/c1-26-14-6-4-13(5-7-14)18(23)16-17(15-3-2-12-28-15)21(20(25)19(16)24)8-10-27-11-9-22/h2-7,12,17,22-23H,8-11H2,1H3. The van der Waals surface area contributed by atoms with Gasteiger partial charge in [-0.1, -0.05) is 6.07 Å². The predicted octanol–water partition coefficient (Wildman–Crippen LogP) is 2.19. The summed E-state index contributed by atoms with van der Waals surface area (Å²) in [6.07, 6.45) is 0. The van der Waals surface area contributed by atoms with E-state index in [9.17, 15) is 14.7 Å². The summed E-state index contributed by atoms with van der Waals surface area (Å²) >= 11 is 1.40. The molecular formula is C20H21NO6S. The first-order valence-corrected chi connectivity index (χ1v) is 9.61. The Labute approximate surface area is 166 Å². The van der Waals surface area contributed by atoms with Gasteiger partial charge in [-0.15, -0.1) is 11.3 Å². The Kier molecular flexibility index (Phi) is 6.45. The number of benzene rings is 1. The zero-order valence-electron chi connectivity index (χ0n) is 15.3. The molecule has 1 aliphatic heterocycles. The van der Waals surface area contributed by atoms with Crippen LogP contribution in [-0.4, -0.2) is 60.3 Å². The van der Waals surface area contributed by atoms with Gasteiger partial charge in [0, 0.05) is 17.0 Å². The topological polar surface area (TPSA) is 96.3 Å². The normalized spacial score (nSPS) is 18.6. The minimum atomic E-state index is -0.728. The quantitative estimate of drug-likeness (QED) is 0.304. The highest BCUT2D eigenvalue weighted by atomic mass is 32.1. The van der Waals surface area contributed by atoms with Gasteiger partial charge >= 0.3 is 0 Å². The van der Waals surface area contributed by atoms with Crippen molar-refractivity contribution in [1.82, 2.24) is 4.90 Å². The summed E-state index contributed by atoms with van der Waals surface area (Å²) in [5, 5.41) is 21.5. The van der Waals surface area contributed by atoms with Gasteiger partial charge in [-0.2, -0.15) is 0 Å². The lowest BCUT2D eigenvalue weighted by Gasteiger charge is -2.23. The summed E-state index contributed by atoms with van der Waals surface area (Å²) in [5.41, 5.74) is 0.483. The Balaban J connectivity index is 1.99. The van der Waals surface area contributed by atoms with Crippen molar-refractivity contribution in [3.63, 3.8) is 0 Å². The second-order valence-corrected chi connectivity index (χ2v) is 7.05. The molecule has 8 heteroatoms. The first-order valence-electron chi connectivity index (χ1n) is 8.73. The number of amides is 1. The van der Waals surface area contributed by atoms with Gasteiger partial charge in [0.2, 0.25) is 0 Å². The first-order chi connectivity index (χ1) is 13.6. The number of likely N-dealkylation sites (tertiary alicyclic amines) is 1. The second-order valence-electron chi connectivity index (χ2n) is 6.07. The Morgan fingerprint density at radius 3 is 2.54 bits per heavy atom. The van der Waals surface area contributed by atoms with Crippen molar-refractivity contribution in [1.29, 1.82) is 0 Å². The van der Waals surface area contributed by atoms with Crippen LogP contribution in [0.4, 0.5) is 0 Å². The summed E-state index contributed by atoms with van der Waals surface area (Å²) in [6.45, 7) is 0.384. The van der Waals surface area contributed by atoms with E-state index in [0.29, 0.717) is 11.3 Å². The SMILES string of the molecule is COc1ccc(C(O)=C2C(=O)C(=O)N(CCOCCO)C2c2cccs2)cc1. The third-order valence-electron chi connectivity index (χ3n) is 4.43. The van der Waals surface area contributed by atoms with Crippen molar-refractivity contribution in [3.05, 3.63) is 57.8 Å². The molecule has 1 fully saturated rings. The fourth-order valence-electron chi connectivity index (χ4n) is 3.09. The Morgan fingerprint density at radius 1 is 1.18 bits per heavy atom. The van der Waals surface area contributed by atoms with E-state index in [2.05, 4.69) is 0 Å². The number of carbonyl (C=O) groups is 2. The number of aliphatic hydroxyl groups excluding tert-OH is 2. The van der Waals surface area contributed by atoms with E-state index in [1.54, 1.807) is 24.3 Å². The molecule has 2 heterocycles. The minimum absolute atomic E-state index is 0.0553. The van der Waals surface area contributed by atoms with Crippen molar-refractivity contribution in [3.8, 4) is 5.75 Å². The van der Waals surface area contributed by atoms with E-state index in [4.69, 9.17) is 14.6 Å². The maximum Gasteiger partial charge on any atom is 0.295 e. The largest absolute Gasteiger partial charge is 0.507 e. The lowest BCUT2D eigenvalue weighted by atomic mass is 10.00. The number of hydrogen-bond acceptors (Lipinski definition) is 7. The van der Waals surface area contributed by atoms with Gasteiger partial charge in [-0.3, -0.25) is 9.59 Å². The molecule has 0 bridgehead atoms. The number of nitrogens with zero attached hydrogens (tertiary/aromatic N) is 1. The number of rotatable bonds is 8. The highest BCUT2D eigenvalue weighted by molar-refractivity contribution is 7.10. The maximum absolute atomic E-state index is 12.7. The predicted molar refractivity (Wildman–Crippen MR) is 104 cm³/mol. The summed E-state index contributed by atoms with van der Waals surface area (Å²) < 4.78 is 10.4. The van der Waals surface area contributed by atoms with E-state index in [-0.39, 0.29) is 37.7 Å². The smallest absolute Gasteiger partial charge is 0.295 e. The van der Waals surface area contributed by atoms with Gasteiger partial charge < -0.3 is 24.6 Å². The molecule has 3 rings (SSSR count). The molecule has 2 aromatic rings. The molecule has 0 saturated carbocycles. The van der Waals surface area contributed by atoms with Crippen LogP contribution in [-0.2, 0) is 14.3 Å². The van der Waals surface area contributed by atoms with Crippen LogP contribution >= 0.6 is 11.3 Å². The van der Waals surface area contributed by atoms with Crippen LogP contribution in [0.15, 0.2) is 47.4 Å². The number of thiophene rings is 1. The van der Waals surface area contributed by atoms with E-state index < -0.39 is 17.7 Å². The van der Waals surface area contributed by atoms with Crippen molar-refractivity contribution in [2.24, 2.45) is 0 Å². The van der Waals surface area contributed by atoms with Crippen molar-refractivity contribution in [2.45, 2.75) is 6.04 Å². The number of carbonyl (C=O) groups excluding carboxylic acids is 2. The third-order valence-corrected chi connectivity index (χ3v) is 5.35. The molecule has 1 aromatic carbocycles. The zero-order valence-corrected chi connectivity index (χ0v) is 16.1. The minimum Gasteiger partial charge on any atom is -0.507 e. The molecule has 1 atom stereocenters. The molecule has 1 saturated heterocycles. The number of ether oxygens (including phenoxy) is 2. The van der Waals surface area contributed by atoms with Crippen LogP contribution in [0.25, 0.3) is 5.76 Å². The Bertz CT molecular complexity index is 859. The lowest BCUT2D eigenvalue weighted by Crippen LogP contribution is -2.32. The second kappa shape index (κ2) is 9.01. The molecule has 1 aliphatic rings. The molecule has 1 amide bonds. The lowest BCUT2D eigenvalue weighted by molar-refractivity contribution is -0.140. The van der Waals surface area contributed by atoms with Gasteiger partial charge in [-0.25, -0.2) is 0 Å². The Morgan fingerprint density at radius 2 is 1.93 bits per heavy atom. The molecule has 28 heavy (non-hydrogen) atoms. The molecular weight excluding hydrogens is 382 g/mol.